The number of rotatable bonds is 7. The zero-order valence-corrected chi connectivity index (χ0v) is 13.1. The molecule has 0 aromatic carbocycles. The predicted molar refractivity (Wildman–Crippen MR) is 77.6 cm³/mol. The summed E-state index contributed by atoms with van der Waals surface area (Å²) in [5.74, 6) is 2.15. The van der Waals surface area contributed by atoms with Crippen LogP contribution in [-0.4, -0.2) is 35.0 Å². The highest BCUT2D eigenvalue weighted by Gasteiger charge is 2.30. The molecule has 0 saturated heterocycles. The molecule has 5 heteroatoms. The summed E-state index contributed by atoms with van der Waals surface area (Å²) in [5.41, 5.74) is 0.128. The summed E-state index contributed by atoms with van der Waals surface area (Å²) < 4.78 is 11.3. The molecule has 0 spiro atoms. The lowest BCUT2D eigenvalue weighted by molar-refractivity contribution is -0.0255. The van der Waals surface area contributed by atoms with Crippen LogP contribution < -0.4 is 5.32 Å². The number of ether oxygens (including phenoxy) is 1. The maximum Gasteiger partial charge on any atom is 0.217 e. The molecule has 0 amide bonds. The summed E-state index contributed by atoms with van der Waals surface area (Å²) in [7, 11) is 0. The maximum absolute atomic E-state index is 5.70. The minimum atomic E-state index is 0.128. The van der Waals surface area contributed by atoms with Gasteiger partial charge in [0.25, 0.3) is 0 Å². The van der Waals surface area contributed by atoms with Crippen LogP contribution in [0.2, 0.25) is 0 Å². The highest BCUT2D eigenvalue weighted by molar-refractivity contribution is 4.90. The molecule has 20 heavy (non-hydrogen) atoms. The smallest absolute Gasteiger partial charge is 0.217 e. The van der Waals surface area contributed by atoms with Crippen molar-refractivity contribution in [2.45, 2.75) is 65.0 Å². The SMILES string of the molecule is CCOC1CC(Cc2nnc(CCNC(C)(C)C)o2)C1. The Morgan fingerprint density at radius 1 is 1.25 bits per heavy atom. The Kier molecular flexibility index (Phi) is 5.16. The van der Waals surface area contributed by atoms with Gasteiger partial charge in [-0.05, 0) is 46.5 Å². The van der Waals surface area contributed by atoms with Gasteiger partial charge in [-0.15, -0.1) is 10.2 Å². The van der Waals surface area contributed by atoms with E-state index in [-0.39, 0.29) is 5.54 Å². The van der Waals surface area contributed by atoms with Gasteiger partial charge in [0.15, 0.2) is 0 Å². The maximum atomic E-state index is 5.70. The topological polar surface area (TPSA) is 60.2 Å². The third-order valence-electron chi connectivity index (χ3n) is 3.56. The second-order valence-electron chi connectivity index (χ2n) is 6.64. The molecule has 1 aliphatic carbocycles. The fourth-order valence-corrected chi connectivity index (χ4v) is 2.48. The number of aromatic nitrogens is 2. The van der Waals surface area contributed by atoms with Crippen LogP contribution in [0.5, 0.6) is 0 Å². The Balaban J connectivity index is 1.68. The molecule has 0 unspecified atom stereocenters. The second kappa shape index (κ2) is 6.68. The van der Waals surface area contributed by atoms with Gasteiger partial charge in [0.2, 0.25) is 11.8 Å². The summed E-state index contributed by atoms with van der Waals surface area (Å²) in [6, 6.07) is 0. The molecule has 1 aliphatic rings. The third-order valence-corrected chi connectivity index (χ3v) is 3.56. The van der Waals surface area contributed by atoms with E-state index in [4.69, 9.17) is 9.15 Å². The highest BCUT2D eigenvalue weighted by atomic mass is 16.5. The minimum Gasteiger partial charge on any atom is -0.425 e. The van der Waals surface area contributed by atoms with E-state index in [0.29, 0.717) is 12.0 Å². The first kappa shape index (κ1) is 15.4. The number of nitrogens with zero attached hydrogens (tertiary/aromatic N) is 2. The van der Waals surface area contributed by atoms with E-state index in [9.17, 15) is 0 Å². The van der Waals surface area contributed by atoms with Crippen LogP contribution in [0.15, 0.2) is 4.42 Å². The summed E-state index contributed by atoms with van der Waals surface area (Å²) >= 11 is 0. The molecule has 0 bridgehead atoms. The monoisotopic (exact) mass is 281 g/mol. The molecular formula is C15H27N3O2. The molecule has 1 N–H and O–H groups in total. The number of hydrogen-bond donors (Lipinski definition) is 1. The number of hydrogen-bond acceptors (Lipinski definition) is 5. The van der Waals surface area contributed by atoms with Crippen LogP contribution in [0.25, 0.3) is 0 Å². The lowest BCUT2D eigenvalue weighted by Crippen LogP contribution is -2.37. The fourth-order valence-electron chi connectivity index (χ4n) is 2.48. The highest BCUT2D eigenvalue weighted by Crippen LogP contribution is 2.32. The van der Waals surface area contributed by atoms with Gasteiger partial charge < -0.3 is 14.5 Å². The van der Waals surface area contributed by atoms with Crippen LogP contribution in [0, 0.1) is 5.92 Å². The molecule has 1 saturated carbocycles. The van der Waals surface area contributed by atoms with Crippen molar-refractivity contribution in [1.82, 2.24) is 15.5 Å². The summed E-state index contributed by atoms with van der Waals surface area (Å²) in [5, 5.41) is 11.7. The van der Waals surface area contributed by atoms with Crippen LogP contribution in [-0.2, 0) is 17.6 Å². The molecule has 1 fully saturated rings. The van der Waals surface area contributed by atoms with Crippen LogP contribution in [0.3, 0.4) is 0 Å². The molecule has 1 aromatic rings. The number of nitrogens with one attached hydrogen (secondary N) is 1. The van der Waals surface area contributed by atoms with Crippen molar-refractivity contribution in [2.24, 2.45) is 5.92 Å². The van der Waals surface area contributed by atoms with Gasteiger partial charge >= 0.3 is 0 Å². The van der Waals surface area contributed by atoms with Crippen LogP contribution >= 0.6 is 0 Å². The van der Waals surface area contributed by atoms with E-state index in [2.05, 4.69) is 36.3 Å². The fraction of sp³-hybridized carbons (Fsp3) is 0.867. The van der Waals surface area contributed by atoms with E-state index in [0.717, 1.165) is 50.6 Å². The second-order valence-corrected chi connectivity index (χ2v) is 6.64. The Morgan fingerprint density at radius 2 is 1.95 bits per heavy atom. The Morgan fingerprint density at radius 3 is 2.60 bits per heavy atom. The molecule has 2 rings (SSSR count). The average Bonchev–Trinajstić information content (AvgIpc) is 2.72. The van der Waals surface area contributed by atoms with Gasteiger partial charge in [-0.3, -0.25) is 0 Å². The van der Waals surface area contributed by atoms with Crippen molar-refractivity contribution in [3.05, 3.63) is 11.8 Å². The van der Waals surface area contributed by atoms with E-state index in [1.807, 2.05) is 6.92 Å². The minimum absolute atomic E-state index is 0.128. The van der Waals surface area contributed by atoms with Gasteiger partial charge in [0, 0.05) is 31.5 Å². The summed E-state index contributed by atoms with van der Waals surface area (Å²) in [6.45, 7) is 10.2. The van der Waals surface area contributed by atoms with Gasteiger partial charge in [0.05, 0.1) is 6.10 Å². The van der Waals surface area contributed by atoms with Crippen molar-refractivity contribution in [2.75, 3.05) is 13.2 Å². The van der Waals surface area contributed by atoms with Crippen molar-refractivity contribution in [3.8, 4) is 0 Å². The summed E-state index contributed by atoms with van der Waals surface area (Å²) in [6.07, 6.45) is 4.37. The van der Waals surface area contributed by atoms with E-state index < -0.39 is 0 Å². The largest absolute Gasteiger partial charge is 0.425 e. The molecule has 1 aromatic heterocycles. The van der Waals surface area contributed by atoms with Gasteiger partial charge in [-0.1, -0.05) is 0 Å². The van der Waals surface area contributed by atoms with Crippen LogP contribution in [0.1, 0.15) is 52.3 Å². The van der Waals surface area contributed by atoms with Crippen molar-refractivity contribution >= 4 is 0 Å². The van der Waals surface area contributed by atoms with Gasteiger partial charge in [-0.2, -0.15) is 0 Å². The molecule has 0 radical (unpaired) electrons. The molecular weight excluding hydrogens is 254 g/mol. The lowest BCUT2D eigenvalue weighted by atomic mass is 9.80. The van der Waals surface area contributed by atoms with Crippen molar-refractivity contribution in [3.63, 3.8) is 0 Å². The van der Waals surface area contributed by atoms with E-state index in [1.54, 1.807) is 0 Å². The predicted octanol–water partition coefficient (Wildman–Crippen LogP) is 2.36. The molecule has 1 heterocycles. The average molecular weight is 281 g/mol. The lowest BCUT2D eigenvalue weighted by Gasteiger charge is -2.33. The third kappa shape index (κ3) is 4.87. The molecule has 0 aliphatic heterocycles. The van der Waals surface area contributed by atoms with Gasteiger partial charge in [0.1, 0.15) is 0 Å². The summed E-state index contributed by atoms with van der Waals surface area (Å²) in [4.78, 5) is 0. The molecule has 0 atom stereocenters. The zero-order chi connectivity index (χ0) is 14.6. The molecule has 5 nitrogen and oxygen atoms in total. The van der Waals surface area contributed by atoms with Crippen molar-refractivity contribution < 1.29 is 9.15 Å². The first-order valence-electron chi connectivity index (χ1n) is 7.64. The van der Waals surface area contributed by atoms with E-state index in [1.165, 1.54) is 0 Å². The normalized spacial score (nSPS) is 22.8. The Hall–Kier alpha value is -0.940. The molecule has 114 valence electrons. The van der Waals surface area contributed by atoms with Crippen molar-refractivity contribution in [1.29, 1.82) is 0 Å². The standard InChI is InChI=1S/C15H27N3O2/c1-5-19-12-8-11(9-12)10-14-18-17-13(20-14)6-7-16-15(2,3)4/h11-12,16H,5-10H2,1-4H3. The van der Waals surface area contributed by atoms with Crippen LogP contribution in [0.4, 0.5) is 0 Å². The first-order chi connectivity index (χ1) is 9.46. The Bertz CT molecular complexity index is 405. The first-order valence-corrected chi connectivity index (χ1v) is 7.64. The zero-order valence-electron chi connectivity index (χ0n) is 13.1. The quantitative estimate of drug-likeness (QED) is 0.831. The van der Waals surface area contributed by atoms with E-state index >= 15 is 0 Å². The van der Waals surface area contributed by atoms with Gasteiger partial charge in [-0.25, -0.2) is 0 Å². The Labute approximate surface area is 121 Å².